The zero-order chi connectivity index (χ0) is 8.48. The predicted octanol–water partition coefficient (Wildman–Crippen LogP) is 2.10. The van der Waals surface area contributed by atoms with Crippen LogP contribution in [0.3, 0.4) is 0 Å². The first-order valence-corrected chi connectivity index (χ1v) is 4.07. The second-order valence-electron chi connectivity index (χ2n) is 3.28. The van der Waals surface area contributed by atoms with Crippen molar-refractivity contribution in [1.82, 2.24) is 0 Å². The minimum Gasteiger partial charge on any atom is -0.344 e. The molecule has 2 heteroatoms. The molecule has 0 aliphatic carbocycles. The second-order valence-corrected chi connectivity index (χ2v) is 3.28. The average Bonchev–Trinajstić information content (AvgIpc) is 2.25. The molecule has 0 saturated carbocycles. The molecule has 2 unspecified atom stereocenters. The van der Waals surface area contributed by atoms with E-state index in [9.17, 15) is 0 Å². The van der Waals surface area contributed by atoms with Gasteiger partial charge in [0.05, 0.1) is 6.10 Å². The predicted molar refractivity (Wildman–Crippen MR) is 44.3 cm³/mol. The monoisotopic (exact) mass is 156 g/mol. The van der Waals surface area contributed by atoms with E-state index in [1.54, 1.807) is 0 Å². The van der Waals surface area contributed by atoms with Crippen LogP contribution in [0.2, 0.25) is 0 Å². The Morgan fingerprint density at radius 2 is 2.09 bits per heavy atom. The lowest BCUT2D eigenvalue weighted by molar-refractivity contribution is -0.143. The fourth-order valence-electron chi connectivity index (χ4n) is 1.38. The van der Waals surface area contributed by atoms with Gasteiger partial charge in [-0.25, -0.2) is 0 Å². The van der Waals surface area contributed by atoms with E-state index in [0.29, 0.717) is 0 Å². The highest BCUT2D eigenvalue weighted by Gasteiger charge is 2.38. The Morgan fingerprint density at radius 3 is 2.45 bits per heavy atom. The van der Waals surface area contributed by atoms with Crippen molar-refractivity contribution in [2.45, 2.75) is 45.2 Å². The van der Waals surface area contributed by atoms with Crippen molar-refractivity contribution in [1.29, 1.82) is 0 Å². The summed E-state index contributed by atoms with van der Waals surface area (Å²) < 4.78 is 11.2. The SMILES string of the molecule is C=CC1OC(C)(C)OC1CC. The van der Waals surface area contributed by atoms with Gasteiger partial charge in [-0.1, -0.05) is 13.0 Å². The maximum absolute atomic E-state index is 5.61. The molecule has 64 valence electrons. The molecule has 1 fully saturated rings. The fourth-order valence-corrected chi connectivity index (χ4v) is 1.38. The maximum atomic E-state index is 5.61. The first-order chi connectivity index (χ1) is 5.09. The Balaban J connectivity index is 2.62. The van der Waals surface area contributed by atoms with Crippen LogP contribution in [0.1, 0.15) is 27.2 Å². The van der Waals surface area contributed by atoms with E-state index >= 15 is 0 Å². The smallest absolute Gasteiger partial charge is 0.164 e. The molecule has 0 aromatic rings. The summed E-state index contributed by atoms with van der Waals surface area (Å²) in [4.78, 5) is 0. The van der Waals surface area contributed by atoms with Gasteiger partial charge in [0, 0.05) is 0 Å². The van der Waals surface area contributed by atoms with Gasteiger partial charge in [0.15, 0.2) is 5.79 Å². The van der Waals surface area contributed by atoms with Crippen LogP contribution in [0, 0.1) is 0 Å². The molecule has 1 saturated heterocycles. The van der Waals surface area contributed by atoms with Crippen LogP contribution in [0.5, 0.6) is 0 Å². The molecule has 0 aromatic carbocycles. The number of ether oxygens (including phenoxy) is 2. The van der Waals surface area contributed by atoms with Crippen LogP contribution >= 0.6 is 0 Å². The summed E-state index contributed by atoms with van der Waals surface area (Å²) in [6.07, 6.45) is 3.03. The lowest BCUT2D eigenvalue weighted by Gasteiger charge is -2.16. The number of rotatable bonds is 2. The minimum absolute atomic E-state index is 0.0648. The van der Waals surface area contributed by atoms with Gasteiger partial charge < -0.3 is 9.47 Å². The van der Waals surface area contributed by atoms with Gasteiger partial charge in [0.2, 0.25) is 0 Å². The summed E-state index contributed by atoms with van der Waals surface area (Å²) in [5, 5.41) is 0. The molecular formula is C9H16O2. The third-order valence-electron chi connectivity index (χ3n) is 1.86. The highest BCUT2D eigenvalue weighted by molar-refractivity contribution is 4.92. The Hall–Kier alpha value is -0.340. The molecule has 1 aliphatic rings. The van der Waals surface area contributed by atoms with Gasteiger partial charge in [0.25, 0.3) is 0 Å². The van der Waals surface area contributed by atoms with E-state index in [2.05, 4.69) is 13.5 Å². The molecule has 1 rings (SSSR count). The Bertz CT molecular complexity index is 152. The molecular weight excluding hydrogens is 140 g/mol. The van der Waals surface area contributed by atoms with Crippen molar-refractivity contribution in [2.75, 3.05) is 0 Å². The summed E-state index contributed by atoms with van der Waals surface area (Å²) in [5.74, 6) is -0.431. The van der Waals surface area contributed by atoms with E-state index < -0.39 is 5.79 Å². The van der Waals surface area contributed by atoms with Crippen LogP contribution in [0.25, 0.3) is 0 Å². The van der Waals surface area contributed by atoms with E-state index in [-0.39, 0.29) is 12.2 Å². The minimum atomic E-state index is -0.431. The van der Waals surface area contributed by atoms with Gasteiger partial charge in [-0.05, 0) is 20.3 Å². The van der Waals surface area contributed by atoms with E-state index in [1.165, 1.54) is 0 Å². The van der Waals surface area contributed by atoms with Crippen molar-refractivity contribution in [2.24, 2.45) is 0 Å². The third-order valence-corrected chi connectivity index (χ3v) is 1.86. The van der Waals surface area contributed by atoms with Gasteiger partial charge in [-0.2, -0.15) is 0 Å². The fraction of sp³-hybridized carbons (Fsp3) is 0.778. The number of hydrogen-bond donors (Lipinski definition) is 0. The lowest BCUT2D eigenvalue weighted by atomic mass is 10.1. The van der Waals surface area contributed by atoms with E-state index in [1.807, 2.05) is 19.9 Å². The van der Waals surface area contributed by atoms with Crippen molar-refractivity contribution in [3.63, 3.8) is 0 Å². The molecule has 1 heterocycles. The summed E-state index contributed by atoms with van der Waals surface area (Å²) in [5.41, 5.74) is 0. The van der Waals surface area contributed by atoms with Crippen molar-refractivity contribution in [3.05, 3.63) is 12.7 Å². The second kappa shape index (κ2) is 2.95. The topological polar surface area (TPSA) is 18.5 Å². The summed E-state index contributed by atoms with van der Waals surface area (Å²) >= 11 is 0. The Morgan fingerprint density at radius 1 is 1.45 bits per heavy atom. The van der Waals surface area contributed by atoms with Gasteiger partial charge in [-0.15, -0.1) is 6.58 Å². The highest BCUT2D eigenvalue weighted by Crippen LogP contribution is 2.29. The summed E-state index contributed by atoms with van der Waals surface area (Å²) in [6.45, 7) is 9.65. The Labute approximate surface area is 68.2 Å². The molecule has 0 radical (unpaired) electrons. The zero-order valence-corrected chi connectivity index (χ0v) is 7.46. The first-order valence-electron chi connectivity index (χ1n) is 4.07. The largest absolute Gasteiger partial charge is 0.344 e. The standard InChI is InChI=1S/C9H16O2/c1-5-7-8(6-2)11-9(3,4)10-7/h5,7-8H,1,6H2,2-4H3. The van der Waals surface area contributed by atoms with Crippen LogP contribution in [-0.4, -0.2) is 18.0 Å². The maximum Gasteiger partial charge on any atom is 0.164 e. The first kappa shape index (κ1) is 8.75. The molecule has 2 atom stereocenters. The third kappa shape index (κ3) is 1.82. The highest BCUT2D eigenvalue weighted by atomic mass is 16.7. The molecule has 11 heavy (non-hydrogen) atoms. The van der Waals surface area contributed by atoms with Gasteiger partial charge in [-0.3, -0.25) is 0 Å². The van der Waals surface area contributed by atoms with Crippen molar-refractivity contribution >= 4 is 0 Å². The van der Waals surface area contributed by atoms with Crippen LogP contribution in [0.15, 0.2) is 12.7 Å². The van der Waals surface area contributed by atoms with E-state index in [0.717, 1.165) is 6.42 Å². The van der Waals surface area contributed by atoms with Crippen LogP contribution < -0.4 is 0 Å². The number of hydrogen-bond acceptors (Lipinski definition) is 2. The van der Waals surface area contributed by atoms with Crippen molar-refractivity contribution < 1.29 is 9.47 Å². The van der Waals surface area contributed by atoms with E-state index in [4.69, 9.17) is 9.47 Å². The molecule has 0 amide bonds. The molecule has 0 bridgehead atoms. The Kier molecular flexibility index (Phi) is 2.35. The van der Waals surface area contributed by atoms with Crippen LogP contribution in [-0.2, 0) is 9.47 Å². The molecule has 2 nitrogen and oxygen atoms in total. The molecule has 0 aromatic heterocycles. The normalized spacial score (nSPS) is 35.5. The van der Waals surface area contributed by atoms with Gasteiger partial charge in [0.1, 0.15) is 6.10 Å². The average molecular weight is 156 g/mol. The molecule has 0 N–H and O–H groups in total. The van der Waals surface area contributed by atoms with Crippen molar-refractivity contribution in [3.8, 4) is 0 Å². The zero-order valence-electron chi connectivity index (χ0n) is 7.46. The molecule has 1 aliphatic heterocycles. The molecule has 0 spiro atoms. The lowest BCUT2D eigenvalue weighted by Crippen LogP contribution is -2.21. The summed E-state index contributed by atoms with van der Waals surface area (Å²) in [6, 6.07) is 0. The van der Waals surface area contributed by atoms with Crippen LogP contribution in [0.4, 0.5) is 0 Å². The quantitative estimate of drug-likeness (QED) is 0.570. The van der Waals surface area contributed by atoms with Gasteiger partial charge >= 0.3 is 0 Å². The summed E-state index contributed by atoms with van der Waals surface area (Å²) in [7, 11) is 0.